The lowest BCUT2D eigenvalue weighted by Crippen LogP contribution is -2.20. The molecule has 0 fully saturated rings. The van der Waals surface area contributed by atoms with Crippen molar-refractivity contribution < 1.29 is 0 Å². The molecule has 1 heterocycles. The molecule has 3 heteroatoms. The zero-order chi connectivity index (χ0) is 8.81. The third-order valence-corrected chi connectivity index (χ3v) is 2.61. The molecule has 1 aromatic heterocycles. The quantitative estimate of drug-likeness (QED) is 0.759. The molecule has 2 nitrogen and oxygen atoms in total. The lowest BCUT2D eigenvalue weighted by atomic mass is 10.1. The molecule has 0 saturated heterocycles. The maximum atomic E-state index is 4.19. The van der Waals surface area contributed by atoms with Crippen molar-refractivity contribution in [3.05, 3.63) is 16.6 Å². The molecule has 0 amide bonds. The molecule has 1 N–H and O–H groups in total. The number of nitrogens with one attached hydrogen (secondary N) is 1. The van der Waals surface area contributed by atoms with E-state index in [4.69, 9.17) is 0 Å². The van der Waals surface area contributed by atoms with E-state index in [9.17, 15) is 0 Å². The van der Waals surface area contributed by atoms with Gasteiger partial charge in [-0.1, -0.05) is 20.3 Å². The first kappa shape index (κ1) is 9.68. The molecule has 68 valence electrons. The highest BCUT2D eigenvalue weighted by atomic mass is 32.1. The minimum atomic E-state index is 0.767. The maximum Gasteiger partial charge on any atom is 0.0795 e. The Labute approximate surface area is 78.0 Å². The lowest BCUT2D eigenvalue weighted by Gasteiger charge is -2.08. The van der Waals surface area contributed by atoms with E-state index in [2.05, 4.69) is 29.5 Å². The zero-order valence-corrected chi connectivity index (χ0v) is 8.53. The second-order valence-electron chi connectivity index (χ2n) is 3.12. The molecule has 1 rings (SSSR count). The summed E-state index contributed by atoms with van der Waals surface area (Å²) in [6, 6.07) is 0. The van der Waals surface area contributed by atoms with Gasteiger partial charge in [0.05, 0.1) is 11.2 Å². The molecule has 0 bridgehead atoms. The van der Waals surface area contributed by atoms with Gasteiger partial charge < -0.3 is 5.32 Å². The molecule has 0 aromatic carbocycles. The Bertz CT molecular complexity index is 196. The van der Waals surface area contributed by atoms with Crippen LogP contribution >= 0.6 is 11.3 Å². The van der Waals surface area contributed by atoms with Crippen LogP contribution in [0.15, 0.2) is 10.9 Å². The lowest BCUT2D eigenvalue weighted by molar-refractivity contribution is 0.498. The Morgan fingerprint density at radius 3 is 3.08 bits per heavy atom. The summed E-state index contributed by atoms with van der Waals surface area (Å²) in [4.78, 5) is 4.19. The van der Waals surface area contributed by atoms with E-state index in [1.807, 2.05) is 5.51 Å². The number of hydrogen-bond acceptors (Lipinski definition) is 3. The van der Waals surface area contributed by atoms with E-state index < -0.39 is 0 Å². The second kappa shape index (κ2) is 5.27. The minimum Gasteiger partial charge on any atom is -0.311 e. The van der Waals surface area contributed by atoms with E-state index in [-0.39, 0.29) is 0 Å². The summed E-state index contributed by atoms with van der Waals surface area (Å²) in [5.74, 6) is 0.767. The molecule has 0 saturated carbocycles. The Morgan fingerprint density at radius 1 is 1.67 bits per heavy atom. The smallest absolute Gasteiger partial charge is 0.0795 e. The van der Waals surface area contributed by atoms with Crippen LogP contribution in [0.5, 0.6) is 0 Å². The average Bonchev–Trinajstić information content (AvgIpc) is 2.57. The van der Waals surface area contributed by atoms with Crippen molar-refractivity contribution >= 4 is 11.3 Å². The standard InChI is InChI=1S/C9H16N2S/c1-3-8(2)4-10-5-9-6-12-7-11-9/h6-8,10H,3-5H2,1-2H3. The number of nitrogens with zero attached hydrogens (tertiary/aromatic N) is 1. The third-order valence-electron chi connectivity index (χ3n) is 1.98. The number of hydrogen-bond donors (Lipinski definition) is 1. The van der Waals surface area contributed by atoms with Crippen LogP contribution in [0.4, 0.5) is 0 Å². The van der Waals surface area contributed by atoms with Crippen LogP contribution in [0, 0.1) is 5.92 Å². The predicted octanol–water partition coefficient (Wildman–Crippen LogP) is 2.28. The maximum absolute atomic E-state index is 4.19. The average molecular weight is 184 g/mol. The highest BCUT2D eigenvalue weighted by Crippen LogP contribution is 2.01. The molecule has 1 aromatic rings. The summed E-state index contributed by atoms with van der Waals surface area (Å²) in [5.41, 5.74) is 3.03. The third kappa shape index (κ3) is 3.32. The van der Waals surface area contributed by atoms with Gasteiger partial charge in [0.15, 0.2) is 0 Å². The monoisotopic (exact) mass is 184 g/mol. The Hall–Kier alpha value is -0.410. The van der Waals surface area contributed by atoms with Crippen LogP contribution < -0.4 is 5.32 Å². The molecule has 0 aliphatic heterocycles. The largest absolute Gasteiger partial charge is 0.311 e. The summed E-state index contributed by atoms with van der Waals surface area (Å²) in [6.45, 7) is 6.48. The fraction of sp³-hybridized carbons (Fsp3) is 0.667. The van der Waals surface area contributed by atoms with Gasteiger partial charge in [-0.05, 0) is 12.5 Å². The van der Waals surface area contributed by atoms with Crippen molar-refractivity contribution in [1.29, 1.82) is 0 Å². The first-order chi connectivity index (χ1) is 5.83. The van der Waals surface area contributed by atoms with Crippen molar-refractivity contribution in [2.75, 3.05) is 6.54 Å². The van der Waals surface area contributed by atoms with Crippen LogP contribution in [0.2, 0.25) is 0 Å². The summed E-state index contributed by atoms with van der Waals surface area (Å²) < 4.78 is 0. The van der Waals surface area contributed by atoms with Gasteiger partial charge in [-0.3, -0.25) is 0 Å². The van der Waals surface area contributed by atoms with Crippen molar-refractivity contribution in [2.45, 2.75) is 26.8 Å². The summed E-state index contributed by atoms with van der Waals surface area (Å²) in [7, 11) is 0. The van der Waals surface area contributed by atoms with Gasteiger partial charge in [-0.15, -0.1) is 11.3 Å². The first-order valence-corrected chi connectivity index (χ1v) is 5.35. The van der Waals surface area contributed by atoms with Gasteiger partial charge in [0.1, 0.15) is 0 Å². The van der Waals surface area contributed by atoms with E-state index in [1.165, 1.54) is 6.42 Å². The topological polar surface area (TPSA) is 24.9 Å². The Balaban J connectivity index is 2.11. The van der Waals surface area contributed by atoms with Gasteiger partial charge in [-0.2, -0.15) is 0 Å². The van der Waals surface area contributed by atoms with Crippen molar-refractivity contribution in [2.24, 2.45) is 5.92 Å². The molecule has 0 aliphatic carbocycles. The Morgan fingerprint density at radius 2 is 2.50 bits per heavy atom. The van der Waals surface area contributed by atoms with E-state index >= 15 is 0 Å². The van der Waals surface area contributed by atoms with Gasteiger partial charge in [0, 0.05) is 11.9 Å². The van der Waals surface area contributed by atoms with Gasteiger partial charge in [0.2, 0.25) is 0 Å². The fourth-order valence-electron chi connectivity index (χ4n) is 0.916. The summed E-state index contributed by atoms with van der Waals surface area (Å²) in [6.07, 6.45) is 1.24. The molecular formula is C9H16N2S. The minimum absolute atomic E-state index is 0.767. The van der Waals surface area contributed by atoms with Crippen molar-refractivity contribution in [3.63, 3.8) is 0 Å². The van der Waals surface area contributed by atoms with Gasteiger partial charge in [-0.25, -0.2) is 4.98 Å². The van der Waals surface area contributed by atoms with E-state index in [0.717, 1.165) is 24.7 Å². The van der Waals surface area contributed by atoms with Crippen LogP contribution in [-0.2, 0) is 6.54 Å². The fourth-order valence-corrected chi connectivity index (χ4v) is 1.47. The van der Waals surface area contributed by atoms with Crippen LogP contribution in [-0.4, -0.2) is 11.5 Å². The first-order valence-electron chi connectivity index (χ1n) is 4.40. The molecule has 0 aliphatic rings. The van der Waals surface area contributed by atoms with Crippen molar-refractivity contribution in [3.8, 4) is 0 Å². The van der Waals surface area contributed by atoms with Crippen LogP contribution in [0.25, 0.3) is 0 Å². The molecule has 0 spiro atoms. The molecule has 12 heavy (non-hydrogen) atoms. The normalized spacial score (nSPS) is 13.2. The summed E-state index contributed by atoms with van der Waals surface area (Å²) in [5, 5.41) is 5.47. The molecule has 1 atom stereocenters. The highest BCUT2D eigenvalue weighted by molar-refractivity contribution is 7.07. The number of rotatable bonds is 5. The van der Waals surface area contributed by atoms with Gasteiger partial charge in [0.25, 0.3) is 0 Å². The van der Waals surface area contributed by atoms with Crippen LogP contribution in [0.1, 0.15) is 26.0 Å². The van der Waals surface area contributed by atoms with Crippen molar-refractivity contribution in [1.82, 2.24) is 10.3 Å². The predicted molar refractivity (Wildman–Crippen MR) is 53.3 cm³/mol. The number of thiazole rings is 1. The highest BCUT2D eigenvalue weighted by Gasteiger charge is 1.98. The zero-order valence-electron chi connectivity index (χ0n) is 7.71. The molecule has 1 unspecified atom stereocenters. The van der Waals surface area contributed by atoms with E-state index in [0.29, 0.717) is 0 Å². The Kier molecular flexibility index (Phi) is 4.25. The van der Waals surface area contributed by atoms with Gasteiger partial charge >= 0.3 is 0 Å². The van der Waals surface area contributed by atoms with Crippen LogP contribution in [0.3, 0.4) is 0 Å². The number of aromatic nitrogens is 1. The molecule has 0 radical (unpaired) electrons. The second-order valence-corrected chi connectivity index (χ2v) is 3.84. The SMILES string of the molecule is CCC(C)CNCc1cscn1. The molecular weight excluding hydrogens is 168 g/mol. The van der Waals surface area contributed by atoms with E-state index in [1.54, 1.807) is 11.3 Å². The summed E-state index contributed by atoms with van der Waals surface area (Å²) >= 11 is 1.65.